The standard InChI is InChI=1S/C12H17N3O5S/c1-8-6-14(7-10(8)13)21(18,19)12-5-9(15(16)17)3-4-11(12)20-2/h3-5,8,10H,6-7,13H2,1-2H3. The van der Waals surface area contributed by atoms with E-state index >= 15 is 0 Å². The first kappa shape index (κ1) is 15.7. The molecule has 0 saturated carbocycles. The highest BCUT2D eigenvalue weighted by Gasteiger charge is 2.37. The molecule has 2 rings (SSSR count). The number of ether oxygens (including phenoxy) is 1. The number of nitro benzene ring substituents is 1. The molecule has 21 heavy (non-hydrogen) atoms. The van der Waals surface area contributed by atoms with Crippen LogP contribution in [0.25, 0.3) is 0 Å². The quantitative estimate of drug-likeness (QED) is 0.641. The van der Waals surface area contributed by atoms with Crippen LogP contribution in [-0.4, -0.2) is 43.9 Å². The third kappa shape index (κ3) is 2.85. The molecule has 1 aliphatic rings. The molecule has 1 aliphatic heterocycles. The fourth-order valence-electron chi connectivity index (χ4n) is 2.26. The summed E-state index contributed by atoms with van der Waals surface area (Å²) in [7, 11) is -2.56. The van der Waals surface area contributed by atoms with Crippen LogP contribution in [0.15, 0.2) is 23.1 Å². The lowest BCUT2D eigenvalue weighted by atomic mass is 10.1. The van der Waals surface area contributed by atoms with Crippen LogP contribution < -0.4 is 10.5 Å². The van der Waals surface area contributed by atoms with Crippen LogP contribution in [-0.2, 0) is 10.0 Å². The number of sulfonamides is 1. The highest BCUT2D eigenvalue weighted by atomic mass is 32.2. The number of nitrogens with two attached hydrogens (primary N) is 1. The highest BCUT2D eigenvalue weighted by molar-refractivity contribution is 7.89. The average molecular weight is 315 g/mol. The minimum Gasteiger partial charge on any atom is -0.495 e. The number of rotatable bonds is 4. The van der Waals surface area contributed by atoms with Crippen LogP contribution in [0.2, 0.25) is 0 Å². The third-order valence-electron chi connectivity index (χ3n) is 3.61. The number of benzene rings is 1. The van der Waals surface area contributed by atoms with E-state index in [4.69, 9.17) is 10.5 Å². The van der Waals surface area contributed by atoms with Crippen LogP contribution >= 0.6 is 0 Å². The summed E-state index contributed by atoms with van der Waals surface area (Å²) >= 11 is 0. The van der Waals surface area contributed by atoms with Crippen LogP contribution in [0.1, 0.15) is 6.92 Å². The molecule has 116 valence electrons. The zero-order chi connectivity index (χ0) is 15.8. The van der Waals surface area contributed by atoms with Gasteiger partial charge < -0.3 is 10.5 Å². The first-order chi connectivity index (χ1) is 9.77. The highest BCUT2D eigenvalue weighted by Crippen LogP contribution is 2.32. The zero-order valence-electron chi connectivity index (χ0n) is 11.7. The molecule has 9 heteroatoms. The summed E-state index contributed by atoms with van der Waals surface area (Å²) in [6.07, 6.45) is 0. The van der Waals surface area contributed by atoms with Gasteiger partial charge in [-0.2, -0.15) is 4.31 Å². The molecule has 2 N–H and O–H groups in total. The Labute approximate surface area is 122 Å². The Morgan fingerprint density at radius 2 is 2.10 bits per heavy atom. The van der Waals surface area contributed by atoms with Crippen molar-refractivity contribution in [2.24, 2.45) is 11.7 Å². The predicted octanol–water partition coefficient (Wildman–Crippen LogP) is 0.571. The Balaban J connectivity index is 2.48. The first-order valence-electron chi connectivity index (χ1n) is 6.35. The van der Waals surface area contributed by atoms with Crippen LogP contribution in [0, 0.1) is 16.0 Å². The van der Waals surface area contributed by atoms with Crippen molar-refractivity contribution in [3.8, 4) is 5.75 Å². The van der Waals surface area contributed by atoms with Gasteiger partial charge in [0, 0.05) is 31.3 Å². The summed E-state index contributed by atoms with van der Waals surface area (Å²) < 4.78 is 31.6. The van der Waals surface area contributed by atoms with Gasteiger partial charge in [0.05, 0.1) is 12.0 Å². The van der Waals surface area contributed by atoms with Crippen LogP contribution in [0.4, 0.5) is 5.69 Å². The van der Waals surface area contributed by atoms with Crippen molar-refractivity contribution in [1.82, 2.24) is 4.31 Å². The molecular weight excluding hydrogens is 298 g/mol. The number of nitro groups is 1. The predicted molar refractivity (Wildman–Crippen MR) is 75.5 cm³/mol. The summed E-state index contributed by atoms with van der Waals surface area (Å²) in [4.78, 5) is 9.99. The lowest BCUT2D eigenvalue weighted by molar-refractivity contribution is -0.385. The van der Waals surface area contributed by atoms with Gasteiger partial charge in [-0.25, -0.2) is 8.42 Å². The van der Waals surface area contributed by atoms with E-state index in [1.54, 1.807) is 0 Å². The summed E-state index contributed by atoms with van der Waals surface area (Å²) in [5, 5.41) is 10.8. The minimum atomic E-state index is -3.88. The van der Waals surface area contributed by atoms with E-state index in [0.29, 0.717) is 0 Å². The molecule has 1 aromatic rings. The molecule has 0 spiro atoms. The van der Waals surface area contributed by atoms with Crippen molar-refractivity contribution in [2.75, 3.05) is 20.2 Å². The molecule has 2 unspecified atom stereocenters. The van der Waals surface area contributed by atoms with Crippen LogP contribution in [0.3, 0.4) is 0 Å². The summed E-state index contributed by atoms with van der Waals surface area (Å²) in [6, 6.07) is 3.26. The maximum Gasteiger partial charge on any atom is 0.271 e. The zero-order valence-corrected chi connectivity index (χ0v) is 12.5. The second-order valence-electron chi connectivity index (χ2n) is 5.06. The topological polar surface area (TPSA) is 116 Å². The summed E-state index contributed by atoms with van der Waals surface area (Å²) in [6.45, 7) is 2.34. The van der Waals surface area contributed by atoms with Crippen molar-refractivity contribution < 1.29 is 18.1 Å². The van der Waals surface area contributed by atoms with Crippen molar-refractivity contribution in [1.29, 1.82) is 0 Å². The maximum atomic E-state index is 12.6. The Morgan fingerprint density at radius 3 is 2.57 bits per heavy atom. The SMILES string of the molecule is COc1ccc([N+](=O)[O-])cc1S(=O)(=O)N1CC(C)C(N)C1. The van der Waals surface area contributed by atoms with E-state index in [-0.39, 0.29) is 41.4 Å². The van der Waals surface area contributed by atoms with Crippen LogP contribution in [0.5, 0.6) is 5.75 Å². The van der Waals surface area contributed by atoms with Gasteiger partial charge in [0.2, 0.25) is 10.0 Å². The molecule has 1 aromatic carbocycles. The molecule has 0 aromatic heterocycles. The Kier molecular flexibility index (Phi) is 4.17. The maximum absolute atomic E-state index is 12.6. The smallest absolute Gasteiger partial charge is 0.271 e. The Bertz CT molecular complexity index is 651. The number of non-ortho nitro benzene ring substituents is 1. The normalized spacial score (nSPS) is 23.2. The lowest BCUT2D eigenvalue weighted by Gasteiger charge is -2.17. The van der Waals surface area contributed by atoms with Gasteiger partial charge in [0.25, 0.3) is 5.69 Å². The van der Waals surface area contributed by atoms with E-state index in [1.807, 2.05) is 6.92 Å². The van der Waals surface area contributed by atoms with Gasteiger partial charge in [-0.05, 0) is 12.0 Å². The largest absolute Gasteiger partial charge is 0.495 e. The Morgan fingerprint density at radius 1 is 1.43 bits per heavy atom. The first-order valence-corrected chi connectivity index (χ1v) is 7.79. The fourth-order valence-corrected chi connectivity index (χ4v) is 4.02. The van der Waals surface area contributed by atoms with Gasteiger partial charge in [-0.1, -0.05) is 6.92 Å². The van der Waals surface area contributed by atoms with Gasteiger partial charge in [-0.15, -0.1) is 0 Å². The van der Waals surface area contributed by atoms with E-state index in [2.05, 4.69) is 0 Å². The van der Waals surface area contributed by atoms with Gasteiger partial charge in [-0.3, -0.25) is 10.1 Å². The average Bonchev–Trinajstić information content (AvgIpc) is 2.78. The number of nitrogens with zero attached hydrogens (tertiary/aromatic N) is 2. The molecule has 8 nitrogen and oxygen atoms in total. The molecule has 1 fully saturated rings. The lowest BCUT2D eigenvalue weighted by Crippen LogP contribution is -2.32. The number of hydrogen-bond acceptors (Lipinski definition) is 6. The van der Waals surface area contributed by atoms with E-state index in [9.17, 15) is 18.5 Å². The van der Waals surface area contributed by atoms with Gasteiger partial charge >= 0.3 is 0 Å². The summed E-state index contributed by atoms with van der Waals surface area (Å²) in [5.74, 6) is 0.109. The van der Waals surface area contributed by atoms with Crippen molar-refractivity contribution >= 4 is 15.7 Å². The van der Waals surface area contributed by atoms with Crippen molar-refractivity contribution in [2.45, 2.75) is 17.9 Å². The van der Waals surface area contributed by atoms with Gasteiger partial charge in [0.15, 0.2) is 0 Å². The molecule has 1 saturated heterocycles. The van der Waals surface area contributed by atoms with Crippen molar-refractivity contribution in [3.63, 3.8) is 0 Å². The van der Waals surface area contributed by atoms with E-state index < -0.39 is 14.9 Å². The van der Waals surface area contributed by atoms with Gasteiger partial charge in [0.1, 0.15) is 10.6 Å². The fraction of sp³-hybridized carbons (Fsp3) is 0.500. The number of hydrogen-bond donors (Lipinski definition) is 1. The molecule has 0 amide bonds. The van der Waals surface area contributed by atoms with E-state index in [1.165, 1.54) is 23.5 Å². The second-order valence-corrected chi connectivity index (χ2v) is 6.96. The molecule has 0 bridgehead atoms. The van der Waals surface area contributed by atoms with E-state index in [0.717, 1.165) is 6.07 Å². The molecule has 0 aliphatic carbocycles. The second kappa shape index (κ2) is 5.58. The molecule has 1 heterocycles. The molecule has 0 radical (unpaired) electrons. The van der Waals surface area contributed by atoms with Crippen molar-refractivity contribution in [3.05, 3.63) is 28.3 Å². The minimum absolute atomic E-state index is 0.0319. The molecular formula is C12H17N3O5S. The molecule has 2 atom stereocenters. The summed E-state index contributed by atoms with van der Waals surface area (Å²) in [5.41, 5.74) is 5.55. The Hall–Kier alpha value is -1.71. The number of methoxy groups -OCH3 is 1. The monoisotopic (exact) mass is 315 g/mol. The third-order valence-corrected chi connectivity index (χ3v) is 5.47.